The maximum atomic E-state index is 12.2. The van der Waals surface area contributed by atoms with Gasteiger partial charge < -0.3 is 9.40 Å². The summed E-state index contributed by atoms with van der Waals surface area (Å²) in [7, 11) is 0. The number of aromatic nitrogens is 3. The first-order chi connectivity index (χ1) is 11.2. The Balaban J connectivity index is 1.75. The largest absolute Gasteiger partial charge is 0.449 e. The van der Waals surface area contributed by atoms with Gasteiger partial charge in [0, 0.05) is 11.6 Å². The number of hydrogen-bond acceptors (Lipinski definition) is 5. The predicted octanol–water partition coefficient (Wildman–Crippen LogP) is 4.01. The molecule has 7 heteroatoms. The number of pyridine rings is 1. The smallest absolute Gasteiger partial charge is 0.294 e. The van der Waals surface area contributed by atoms with E-state index in [2.05, 4.69) is 15.0 Å². The lowest BCUT2D eigenvalue weighted by atomic mass is 10.2. The summed E-state index contributed by atoms with van der Waals surface area (Å²) in [5.41, 5.74) is 1.19. The van der Waals surface area contributed by atoms with Gasteiger partial charge in [-0.1, -0.05) is 35.5 Å². The van der Waals surface area contributed by atoms with E-state index in [4.69, 9.17) is 16.0 Å². The summed E-state index contributed by atoms with van der Waals surface area (Å²) >= 11 is 7.51. The third-order valence-corrected chi connectivity index (χ3v) is 4.78. The van der Waals surface area contributed by atoms with Crippen LogP contribution in [0.2, 0.25) is 5.02 Å². The minimum absolute atomic E-state index is 0.246. The summed E-state index contributed by atoms with van der Waals surface area (Å²) in [6.07, 6.45) is 1.68. The molecule has 0 amide bonds. The van der Waals surface area contributed by atoms with Crippen molar-refractivity contribution in [2.24, 2.45) is 0 Å². The fraction of sp³-hybridized carbons (Fsp3) is 0.0625. The van der Waals surface area contributed by atoms with Crippen molar-refractivity contribution in [1.82, 2.24) is 15.0 Å². The number of H-pyrrole nitrogens is 1. The number of thioether (sulfide) groups is 1. The molecule has 0 bridgehead atoms. The van der Waals surface area contributed by atoms with Crippen molar-refractivity contribution in [2.45, 2.75) is 10.8 Å². The molecule has 0 radical (unpaired) electrons. The number of para-hydroxylation sites is 1. The standard InChI is InChI=1S/C16H10ClN3O2S/c17-10-5-3-7-18-16(10)23-8-12-19-13-9-4-1-2-6-11(9)22-14(13)15(21)20-12/h1-7H,8H2,(H,19,20,21). The van der Waals surface area contributed by atoms with Crippen molar-refractivity contribution >= 4 is 45.4 Å². The van der Waals surface area contributed by atoms with E-state index in [1.807, 2.05) is 24.3 Å². The zero-order chi connectivity index (χ0) is 15.8. The van der Waals surface area contributed by atoms with Gasteiger partial charge in [-0.3, -0.25) is 4.79 Å². The lowest BCUT2D eigenvalue weighted by Crippen LogP contribution is -2.10. The Kier molecular flexibility index (Phi) is 3.55. The number of aromatic amines is 1. The molecular weight excluding hydrogens is 334 g/mol. The van der Waals surface area contributed by atoms with Crippen LogP contribution in [0.3, 0.4) is 0 Å². The molecule has 4 aromatic rings. The van der Waals surface area contributed by atoms with Gasteiger partial charge in [0.2, 0.25) is 5.58 Å². The van der Waals surface area contributed by atoms with Crippen LogP contribution in [0.4, 0.5) is 0 Å². The highest BCUT2D eigenvalue weighted by molar-refractivity contribution is 7.98. The van der Waals surface area contributed by atoms with Crippen molar-refractivity contribution in [3.8, 4) is 0 Å². The Morgan fingerprint density at radius 2 is 2.09 bits per heavy atom. The second kappa shape index (κ2) is 5.72. The number of hydrogen-bond donors (Lipinski definition) is 1. The first kappa shape index (κ1) is 14.3. The molecule has 0 spiro atoms. The monoisotopic (exact) mass is 343 g/mol. The van der Waals surface area contributed by atoms with Gasteiger partial charge in [0.15, 0.2) is 0 Å². The second-order valence-electron chi connectivity index (χ2n) is 4.87. The molecule has 0 aliphatic carbocycles. The SMILES string of the molecule is O=c1[nH]c(CSc2ncccc2Cl)nc2c1oc1ccccc12. The van der Waals surface area contributed by atoms with E-state index in [0.717, 1.165) is 5.39 Å². The molecule has 23 heavy (non-hydrogen) atoms. The van der Waals surface area contributed by atoms with Crippen molar-refractivity contribution in [2.75, 3.05) is 0 Å². The second-order valence-corrected chi connectivity index (χ2v) is 6.24. The van der Waals surface area contributed by atoms with Crippen LogP contribution in [-0.4, -0.2) is 15.0 Å². The predicted molar refractivity (Wildman–Crippen MR) is 90.9 cm³/mol. The van der Waals surface area contributed by atoms with Gasteiger partial charge in [-0.2, -0.15) is 0 Å². The number of halogens is 1. The summed E-state index contributed by atoms with van der Waals surface area (Å²) < 4.78 is 5.57. The third kappa shape index (κ3) is 2.60. The van der Waals surface area contributed by atoms with Crippen LogP contribution < -0.4 is 5.56 Å². The maximum Gasteiger partial charge on any atom is 0.294 e. The van der Waals surface area contributed by atoms with E-state index in [1.165, 1.54) is 11.8 Å². The normalized spacial score (nSPS) is 11.3. The molecule has 0 saturated heterocycles. The quantitative estimate of drug-likeness (QED) is 0.569. The number of fused-ring (bicyclic) bond motifs is 3. The van der Waals surface area contributed by atoms with Crippen LogP contribution in [0, 0.1) is 0 Å². The van der Waals surface area contributed by atoms with E-state index < -0.39 is 0 Å². The Morgan fingerprint density at radius 1 is 1.22 bits per heavy atom. The average Bonchev–Trinajstić information content (AvgIpc) is 2.94. The van der Waals surface area contributed by atoms with E-state index in [-0.39, 0.29) is 11.1 Å². The maximum absolute atomic E-state index is 12.2. The minimum Gasteiger partial charge on any atom is -0.449 e. The molecule has 0 fully saturated rings. The van der Waals surface area contributed by atoms with E-state index in [9.17, 15) is 4.79 Å². The van der Waals surface area contributed by atoms with Crippen molar-refractivity contribution in [3.05, 3.63) is 63.8 Å². The van der Waals surface area contributed by atoms with Gasteiger partial charge in [0.25, 0.3) is 5.56 Å². The molecule has 0 aliphatic rings. The Labute approximate surface area is 139 Å². The number of rotatable bonds is 3. The number of nitrogens with zero attached hydrogens (tertiary/aromatic N) is 2. The lowest BCUT2D eigenvalue weighted by molar-refractivity contribution is 0.660. The van der Waals surface area contributed by atoms with E-state index >= 15 is 0 Å². The molecule has 1 aromatic carbocycles. The molecule has 5 nitrogen and oxygen atoms in total. The van der Waals surface area contributed by atoms with Gasteiger partial charge >= 0.3 is 0 Å². The summed E-state index contributed by atoms with van der Waals surface area (Å²) in [6, 6.07) is 11.0. The average molecular weight is 344 g/mol. The number of benzene rings is 1. The Hall–Kier alpha value is -2.31. The molecule has 1 N–H and O–H groups in total. The highest BCUT2D eigenvalue weighted by atomic mass is 35.5. The molecule has 0 aliphatic heterocycles. The zero-order valence-electron chi connectivity index (χ0n) is 11.7. The third-order valence-electron chi connectivity index (χ3n) is 3.35. The summed E-state index contributed by atoms with van der Waals surface area (Å²) in [6.45, 7) is 0. The number of nitrogens with one attached hydrogen (secondary N) is 1. The van der Waals surface area contributed by atoms with Crippen molar-refractivity contribution in [1.29, 1.82) is 0 Å². The molecule has 4 rings (SSSR count). The van der Waals surface area contributed by atoms with Crippen molar-refractivity contribution < 1.29 is 4.42 Å². The first-order valence-electron chi connectivity index (χ1n) is 6.86. The molecule has 3 aromatic heterocycles. The highest BCUT2D eigenvalue weighted by Crippen LogP contribution is 2.28. The summed E-state index contributed by atoms with van der Waals surface area (Å²) in [4.78, 5) is 23.7. The molecule has 114 valence electrons. The van der Waals surface area contributed by atoms with Gasteiger partial charge in [0.1, 0.15) is 22.0 Å². The van der Waals surface area contributed by atoms with Crippen LogP contribution >= 0.6 is 23.4 Å². The van der Waals surface area contributed by atoms with E-state index in [0.29, 0.717) is 32.7 Å². The highest BCUT2D eigenvalue weighted by Gasteiger charge is 2.13. The van der Waals surface area contributed by atoms with Crippen molar-refractivity contribution in [3.63, 3.8) is 0 Å². The van der Waals surface area contributed by atoms with Gasteiger partial charge in [-0.25, -0.2) is 9.97 Å². The van der Waals surface area contributed by atoms with Crippen LogP contribution in [0.25, 0.3) is 22.1 Å². The minimum atomic E-state index is -0.283. The summed E-state index contributed by atoms with van der Waals surface area (Å²) in [5.74, 6) is 1.02. The van der Waals surface area contributed by atoms with Gasteiger partial charge in [-0.15, -0.1) is 0 Å². The summed E-state index contributed by atoms with van der Waals surface area (Å²) in [5, 5.41) is 2.11. The van der Waals surface area contributed by atoms with Gasteiger partial charge in [-0.05, 0) is 24.3 Å². The van der Waals surface area contributed by atoms with Crippen LogP contribution in [0.15, 0.2) is 56.8 Å². The molecule has 0 atom stereocenters. The Morgan fingerprint density at radius 3 is 2.96 bits per heavy atom. The molecule has 0 saturated carbocycles. The first-order valence-corrected chi connectivity index (χ1v) is 8.22. The molecule has 3 heterocycles. The lowest BCUT2D eigenvalue weighted by Gasteiger charge is -2.02. The fourth-order valence-corrected chi connectivity index (χ4v) is 3.37. The van der Waals surface area contributed by atoms with Crippen LogP contribution in [0.1, 0.15) is 5.82 Å². The van der Waals surface area contributed by atoms with E-state index in [1.54, 1.807) is 18.3 Å². The Bertz CT molecular complexity index is 1070. The molecular formula is C16H10ClN3O2S. The fourth-order valence-electron chi connectivity index (χ4n) is 2.33. The topological polar surface area (TPSA) is 71.8 Å². The van der Waals surface area contributed by atoms with Gasteiger partial charge in [0.05, 0.1) is 10.8 Å². The number of furan rings is 1. The molecule has 0 unspecified atom stereocenters. The van der Waals surface area contributed by atoms with Crippen LogP contribution in [-0.2, 0) is 5.75 Å². The van der Waals surface area contributed by atoms with Crippen LogP contribution in [0.5, 0.6) is 0 Å². The zero-order valence-corrected chi connectivity index (χ0v) is 13.3.